The number of ether oxygens (including phenoxy) is 2. The fraction of sp³-hybridized carbons (Fsp3) is 0.600. The monoisotopic (exact) mass is 281 g/mol. The smallest absolute Gasteiger partial charge is 0.180 e. The van der Waals surface area contributed by atoms with Crippen LogP contribution in [0.5, 0.6) is 11.5 Å². The van der Waals surface area contributed by atoms with Crippen LogP contribution in [0, 0.1) is 0 Å². The molecule has 104 valence electrons. The van der Waals surface area contributed by atoms with Gasteiger partial charge in [0.25, 0.3) is 0 Å². The van der Waals surface area contributed by atoms with E-state index < -0.39 is 0 Å². The summed E-state index contributed by atoms with van der Waals surface area (Å²) in [5.41, 5.74) is 8.63. The first kappa shape index (κ1) is 13.1. The van der Waals surface area contributed by atoms with Gasteiger partial charge in [-0.05, 0) is 36.5 Å². The topological polar surface area (TPSA) is 44.5 Å². The van der Waals surface area contributed by atoms with E-state index in [1.54, 1.807) is 0 Å². The first-order valence-corrected chi connectivity index (χ1v) is 7.44. The lowest BCUT2D eigenvalue weighted by Crippen LogP contribution is -2.34. The Bertz CT molecular complexity index is 495. The van der Waals surface area contributed by atoms with E-state index in [2.05, 4.69) is 13.0 Å². The first-order valence-electron chi connectivity index (χ1n) is 7.06. The first-order chi connectivity index (χ1) is 9.15. The molecule has 4 heteroatoms. The average Bonchev–Trinajstić information content (AvgIpc) is 2.87. The second-order valence-electron chi connectivity index (χ2n) is 5.46. The molecule has 0 aromatic heterocycles. The highest BCUT2D eigenvalue weighted by Crippen LogP contribution is 2.47. The van der Waals surface area contributed by atoms with Crippen molar-refractivity contribution < 1.29 is 9.47 Å². The molecular weight excluding hydrogens is 262 g/mol. The van der Waals surface area contributed by atoms with Gasteiger partial charge in [0.1, 0.15) is 13.2 Å². The van der Waals surface area contributed by atoms with E-state index in [0.29, 0.717) is 24.0 Å². The molecule has 1 saturated carbocycles. The molecule has 1 heterocycles. The van der Waals surface area contributed by atoms with Gasteiger partial charge in [-0.15, -0.1) is 0 Å². The van der Waals surface area contributed by atoms with Gasteiger partial charge in [0.05, 0.1) is 5.02 Å². The van der Waals surface area contributed by atoms with Crippen LogP contribution in [-0.4, -0.2) is 13.2 Å². The van der Waals surface area contributed by atoms with Crippen LogP contribution < -0.4 is 15.2 Å². The highest BCUT2D eigenvalue weighted by Gasteiger charge is 2.35. The number of benzene rings is 1. The Labute approximate surface area is 119 Å². The molecule has 0 radical (unpaired) electrons. The lowest BCUT2D eigenvalue weighted by Gasteiger charge is -2.30. The van der Waals surface area contributed by atoms with Crippen molar-refractivity contribution in [3.63, 3.8) is 0 Å². The zero-order chi connectivity index (χ0) is 13.5. The highest BCUT2D eigenvalue weighted by molar-refractivity contribution is 6.33. The van der Waals surface area contributed by atoms with Crippen LogP contribution in [0.25, 0.3) is 0 Å². The van der Waals surface area contributed by atoms with Crippen molar-refractivity contribution in [2.45, 2.75) is 44.6 Å². The van der Waals surface area contributed by atoms with Crippen LogP contribution >= 0.6 is 11.6 Å². The van der Waals surface area contributed by atoms with Gasteiger partial charge in [-0.2, -0.15) is 0 Å². The van der Waals surface area contributed by atoms with E-state index in [4.69, 9.17) is 26.8 Å². The molecule has 1 aromatic rings. The summed E-state index contributed by atoms with van der Waals surface area (Å²) in [6, 6.07) is 2.06. The summed E-state index contributed by atoms with van der Waals surface area (Å²) in [7, 11) is 0. The van der Waals surface area contributed by atoms with Gasteiger partial charge >= 0.3 is 0 Å². The van der Waals surface area contributed by atoms with Crippen LogP contribution in [0.15, 0.2) is 6.07 Å². The van der Waals surface area contributed by atoms with Crippen LogP contribution in [0.2, 0.25) is 5.02 Å². The molecule has 0 bridgehead atoms. The Balaban J connectivity index is 2.15. The minimum atomic E-state index is -0.245. The number of halogens is 1. The van der Waals surface area contributed by atoms with E-state index in [1.807, 2.05) is 0 Å². The molecule has 19 heavy (non-hydrogen) atoms. The SMILES string of the molecule is CCc1c(C2(N)CCCC2)cc2c(c1Cl)OCCO2. The molecule has 0 spiro atoms. The van der Waals surface area contributed by atoms with Gasteiger partial charge in [-0.25, -0.2) is 0 Å². The van der Waals surface area contributed by atoms with Gasteiger partial charge < -0.3 is 15.2 Å². The molecular formula is C15H20ClNO2. The quantitative estimate of drug-likeness (QED) is 0.904. The molecule has 1 aliphatic heterocycles. The molecule has 3 nitrogen and oxygen atoms in total. The van der Waals surface area contributed by atoms with Crippen molar-refractivity contribution in [1.82, 2.24) is 0 Å². The Hall–Kier alpha value is -0.930. The maximum atomic E-state index is 6.60. The van der Waals surface area contributed by atoms with Crippen LogP contribution in [0.4, 0.5) is 0 Å². The lowest BCUT2D eigenvalue weighted by atomic mass is 9.84. The highest BCUT2D eigenvalue weighted by atomic mass is 35.5. The molecule has 3 rings (SSSR count). The fourth-order valence-electron chi connectivity index (χ4n) is 3.25. The van der Waals surface area contributed by atoms with Gasteiger partial charge in [-0.3, -0.25) is 0 Å². The predicted molar refractivity (Wildman–Crippen MR) is 76.2 cm³/mol. The number of rotatable bonds is 2. The molecule has 0 amide bonds. The van der Waals surface area contributed by atoms with E-state index >= 15 is 0 Å². The third-order valence-corrected chi connectivity index (χ3v) is 4.66. The third-order valence-electron chi connectivity index (χ3n) is 4.26. The van der Waals surface area contributed by atoms with Gasteiger partial charge in [-0.1, -0.05) is 31.4 Å². The van der Waals surface area contributed by atoms with Crippen LogP contribution in [0.3, 0.4) is 0 Å². The predicted octanol–water partition coefficient (Wildman–Crippen LogP) is 3.40. The number of hydrogen-bond acceptors (Lipinski definition) is 3. The van der Waals surface area contributed by atoms with Crippen molar-refractivity contribution in [2.75, 3.05) is 13.2 Å². The number of nitrogens with two attached hydrogens (primary N) is 1. The lowest BCUT2D eigenvalue weighted by molar-refractivity contribution is 0.171. The van der Waals surface area contributed by atoms with Gasteiger partial charge in [0.2, 0.25) is 0 Å². The van der Waals surface area contributed by atoms with Crippen molar-refractivity contribution in [2.24, 2.45) is 5.73 Å². The van der Waals surface area contributed by atoms with Crippen LogP contribution in [0.1, 0.15) is 43.7 Å². The zero-order valence-corrected chi connectivity index (χ0v) is 12.1. The summed E-state index contributed by atoms with van der Waals surface area (Å²) in [5.74, 6) is 1.44. The summed E-state index contributed by atoms with van der Waals surface area (Å²) in [6.07, 6.45) is 5.28. The standard InChI is InChI=1S/C15H20ClNO2/c1-2-10-11(15(17)5-3-4-6-15)9-12-14(13(10)16)19-8-7-18-12/h9H,2-8,17H2,1H3. The van der Waals surface area contributed by atoms with Crippen molar-refractivity contribution >= 4 is 11.6 Å². The summed E-state index contributed by atoms with van der Waals surface area (Å²) < 4.78 is 11.3. The minimum absolute atomic E-state index is 0.245. The molecule has 1 aromatic carbocycles. The summed E-state index contributed by atoms with van der Waals surface area (Å²) in [4.78, 5) is 0. The Kier molecular flexibility index (Phi) is 3.35. The van der Waals surface area contributed by atoms with Crippen molar-refractivity contribution in [1.29, 1.82) is 0 Å². The maximum Gasteiger partial charge on any atom is 0.180 e. The van der Waals surface area contributed by atoms with Gasteiger partial charge in [0.15, 0.2) is 11.5 Å². The summed E-state index contributed by atoms with van der Waals surface area (Å²) in [6.45, 7) is 3.24. The second kappa shape index (κ2) is 4.88. The summed E-state index contributed by atoms with van der Waals surface area (Å²) in [5, 5.41) is 0.687. The molecule has 0 atom stereocenters. The van der Waals surface area contributed by atoms with Crippen molar-refractivity contribution in [3.8, 4) is 11.5 Å². The molecule has 2 aliphatic rings. The number of hydrogen-bond donors (Lipinski definition) is 1. The van der Waals surface area contributed by atoms with Gasteiger partial charge in [0, 0.05) is 5.54 Å². The Morgan fingerprint density at radius 1 is 1.26 bits per heavy atom. The van der Waals surface area contributed by atoms with E-state index in [9.17, 15) is 0 Å². The second-order valence-corrected chi connectivity index (χ2v) is 5.84. The number of fused-ring (bicyclic) bond motifs is 1. The van der Waals surface area contributed by atoms with Crippen molar-refractivity contribution in [3.05, 3.63) is 22.2 Å². The average molecular weight is 282 g/mol. The molecule has 0 unspecified atom stereocenters. The van der Waals surface area contributed by atoms with E-state index in [0.717, 1.165) is 36.1 Å². The maximum absolute atomic E-state index is 6.60. The Morgan fingerprint density at radius 3 is 2.63 bits per heavy atom. The normalized spacial score (nSPS) is 20.6. The third kappa shape index (κ3) is 2.09. The molecule has 1 fully saturated rings. The fourth-order valence-corrected chi connectivity index (χ4v) is 3.63. The minimum Gasteiger partial charge on any atom is -0.486 e. The molecule has 0 saturated heterocycles. The summed E-state index contributed by atoms with van der Waals surface area (Å²) >= 11 is 6.51. The molecule has 2 N–H and O–H groups in total. The molecule has 1 aliphatic carbocycles. The van der Waals surface area contributed by atoms with E-state index in [-0.39, 0.29) is 5.54 Å². The largest absolute Gasteiger partial charge is 0.486 e. The zero-order valence-electron chi connectivity index (χ0n) is 11.3. The Morgan fingerprint density at radius 2 is 1.95 bits per heavy atom. The van der Waals surface area contributed by atoms with Crippen LogP contribution in [-0.2, 0) is 12.0 Å². The van der Waals surface area contributed by atoms with E-state index in [1.165, 1.54) is 12.8 Å².